The molecule has 2 N–H and O–H groups in total. The van der Waals surface area contributed by atoms with Gasteiger partial charge in [-0.1, -0.05) is 6.07 Å². The van der Waals surface area contributed by atoms with E-state index in [9.17, 15) is 0 Å². The minimum absolute atomic E-state index is 0.118. The first kappa shape index (κ1) is 14.1. The lowest BCUT2D eigenvalue weighted by molar-refractivity contribution is 0.407. The number of rotatable bonds is 3. The summed E-state index contributed by atoms with van der Waals surface area (Å²) < 4.78 is 5.51. The molecule has 0 radical (unpaired) electrons. The van der Waals surface area contributed by atoms with Gasteiger partial charge in [0.05, 0.1) is 13.2 Å². The summed E-state index contributed by atoms with van der Waals surface area (Å²) in [5.41, 5.74) is 11.2. The largest absolute Gasteiger partial charge is 0.496 e. The van der Waals surface area contributed by atoms with Gasteiger partial charge in [0.2, 0.25) is 0 Å². The summed E-state index contributed by atoms with van der Waals surface area (Å²) in [6.07, 6.45) is 0. The minimum atomic E-state index is -0.118. The molecule has 1 heterocycles. The van der Waals surface area contributed by atoms with Crippen LogP contribution in [0.4, 0.5) is 0 Å². The molecule has 0 aliphatic rings. The predicted octanol–water partition coefficient (Wildman–Crippen LogP) is 4.04. The Labute approximate surface area is 119 Å². The second-order valence-electron chi connectivity index (χ2n) is 5.06. The normalized spacial score (nSPS) is 12.5. The lowest BCUT2D eigenvalue weighted by Crippen LogP contribution is -2.13. The molecule has 0 amide bonds. The van der Waals surface area contributed by atoms with Gasteiger partial charge in [-0.05, 0) is 56.5 Å². The van der Waals surface area contributed by atoms with Crippen molar-refractivity contribution in [2.45, 2.75) is 33.7 Å². The van der Waals surface area contributed by atoms with Crippen LogP contribution in [-0.4, -0.2) is 7.11 Å². The van der Waals surface area contributed by atoms with Gasteiger partial charge in [0, 0.05) is 15.3 Å². The van der Waals surface area contributed by atoms with Gasteiger partial charge in [0.15, 0.2) is 0 Å². The maximum absolute atomic E-state index is 6.46. The fourth-order valence-corrected chi connectivity index (χ4v) is 3.46. The smallest absolute Gasteiger partial charge is 0.124 e. The predicted molar refractivity (Wildman–Crippen MR) is 82.3 cm³/mol. The van der Waals surface area contributed by atoms with E-state index in [-0.39, 0.29) is 6.04 Å². The highest BCUT2D eigenvalue weighted by atomic mass is 32.1. The van der Waals surface area contributed by atoms with Crippen molar-refractivity contribution in [3.05, 3.63) is 50.2 Å². The monoisotopic (exact) mass is 275 g/mol. The van der Waals surface area contributed by atoms with Gasteiger partial charge >= 0.3 is 0 Å². The zero-order valence-electron chi connectivity index (χ0n) is 12.2. The molecule has 1 aromatic carbocycles. The summed E-state index contributed by atoms with van der Waals surface area (Å²) in [5, 5.41) is 0. The van der Waals surface area contributed by atoms with Crippen LogP contribution in [0.2, 0.25) is 0 Å². The molecule has 3 heteroatoms. The first-order chi connectivity index (χ1) is 8.93. The molecule has 1 aromatic heterocycles. The third-order valence-electron chi connectivity index (χ3n) is 3.52. The topological polar surface area (TPSA) is 35.2 Å². The highest BCUT2D eigenvalue weighted by Gasteiger charge is 2.19. The molecule has 0 aliphatic heterocycles. The Kier molecular flexibility index (Phi) is 3.97. The first-order valence-electron chi connectivity index (χ1n) is 6.41. The van der Waals surface area contributed by atoms with E-state index in [2.05, 4.69) is 45.9 Å². The molecule has 0 saturated carbocycles. The Morgan fingerprint density at radius 3 is 2.26 bits per heavy atom. The molecule has 0 saturated heterocycles. The molecule has 19 heavy (non-hydrogen) atoms. The molecule has 0 bridgehead atoms. The summed E-state index contributed by atoms with van der Waals surface area (Å²) in [5.74, 6) is 0.883. The third-order valence-corrected chi connectivity index (χ3v) is 4.75. The number of methoxy groups -OCH3 is 1. The Balaban J connectivity index is 2.51. The number of nitrogens with two attached hydrogens (primary N) is 1. The summed E-state index contributed by atoms with van der Waals surface area (Å²) >= 11 is 1.77. The molecule has 2 rings (SSSR count). The van der Waals surface area contributed by atoms with Gasteiger partial charge in [-0.3, -0.25) is 0 Å². The van der Waals surface area contributed by atoms with Gasteiger partial charge in [-0.15, -0.1) is 11.3 Å². The van der Waals surface area contributed by atoms with E-state index in [0.717, 1.165) is 11.3 Å². The van der Waals surface area contributed by atoms with E-state index < -0.39 is 0 Å². The highest BCUT2D eigenvalue weighted by molar-refractivity contribution is 7.12. The average Bonchev–Trinajstić information content (AvgIpc) is 2.68. The molecule has 0 spiro atoms. The van der Waals surface area contributed by atoms with Crippen LogP contribution in [-0.2, 0) is 0 Å². The molecular weight excluding hydrogens is 254 g/mol. The standard InChI is InChI=1S/C16H21NOS/c1-9-6-11(3)15(13(7-9)18-5)16(17)14-8-10(2)12(4)19-14/h6-8,16H,17H2,1-5H3. The average molecular weight is 275 g/mol. The van der Waals surface area contributed by atoms with Crippen LogP contribution in [0.3, 0.4) is 0 Å². The highest BCUT2D eigenvalue weighted by Crippen LogP contribution is 2.36. The van der Waals surface area contributed by atoms with E-state index in [1.54, 1.807) is 18.4 Å². The van der Waals surface area contributed by atoms with E-state index >= 15 is 0 Å². The summed E-state index contributed by atoms with van der Waals surface area (Å²) in [6, 6.07) is 6.28. The third kappa shape index (κ3) is 2.67. The number of ether oxygens (including phenoxy) is 1. The second kappa shape index (κ2) is 5.35. The van der Waals surface area contributed by atoms with Crippen LogP contribution in [0.15, 0.2) is 18.2 Å². The molecule has 1 atom stereocenters. The van der Waals surface area contributed by atoms with Crippen molar-refractivity contribution in [1.29, 1.82) is 0 Å². The van der Waals surface area contributed by atoms with Crippen LogP contribution in [0.25, 0.3) is 0 Å². The number of aryl methyl sites for hydroxylation is 4. The molecule has 2 aromatic rings. The molecule has 102 valence electrons. The SMILES string of the molecule is COc1cc(C)cc(C)c1C(N)c1cc(C)c(C)s1. The quantitative estimate of drug-likeness (QED) is 0.917. The molecule has 0 aliphatic carbocycles. The van der Waals surface area contributed by atoms with Gasteiger partial charge < -0.3 is 10.5 Å². The van der Waals surface area contributed by atoms with Gasteiger partial charge in [0.25, 0.3) is 0 Å². The summed E-state index contributed by atoms with van der Waals surface area (Å²) in [7, 11) is 1.70. The lowest BCUT2D eigenvalue weighted by atomic mass is 9.97. The van der Waals surface area contributed by atoms with Crippen molar-refractivity contribution in [2.24, 2.45) is 5.73 Å². The van der Waals surface area contributed by atoms with E-state index in [0.29, 0.717) is 0 Å². The second-order valence-corrected chi connectivity index (χ2v) is 6.35. The van der Waals surface area contributed by atoms with Crippen molar-refractivity contribution in [3.8, 4) is 5.75 Å². The Morgan fingerprint density at radius 1 is 1.05 bits per heavy atom. The van der Waals surface area contributed by atoms with Crippen molar-refractivity contribution in [1.82, 2.24) is 0 Å². The van der Waals surface area contributed by atoms with Gasteiger partial charge in [0.1, 0.15) is 5.75 Å². The molecule has 1 unspecified atom stereocenters. The summed E-state index contributed by atoms with van der Waals surface area (Å²) in [6.45, 7) is 8.43. The van der Waals surface area contributed by atoms with Crippen LogP contribution in [0.5, 0.6) is 5.75 Å². The first-order valence-corrected chi connectivity index (χ1v) is 7.23. The number of benzene rings is 1. The van der Waals surface area contributed by atoms with Crippen molar-refractivity contribution < 1.29 is 4.74 Å². The van der Waals surface area contributed by atoms with Crippen molar-refractivity contribution >= 4 is 11.3 Å². The Morgan fingerprint density at radius 2 is 1.74 bits per heavy atom. The maximum atomic E-state index is 6.46. The Hall–Kier alpha value is -1.32. The Bertz CT molecular complexity index is 582. The fourth-order valence-electron chi connectivity index (χ4n) is 2.40. The molecular formula is C16H21NOS. The molecule has 2 nitrogen and oxygen atoms in total. The van der Waals surface area contributed by atoms with Crippen LogP contribution in [0, 0.1) is 27.7 Å². The van der Waals surface area contributed by atoms with E-state index in [4.69, 9.17) is 10.5 Å². The minimum Gasteiger partial charge on any atom is -0.496 e. The van der Waals surface area contributed by atoms with Crippen molar-refractivity contribution in [2.75, 3.05) is 7.11 Å². The lowest BCUT2D eigenvalue weighted by Gasteiger charge is -2.18. The fraction of sp³-hybridized carbons (Fsp3) is 0.375. The van der Waals surface area contributed by atoms with E-state index in [1.807, 2.05) is 0 Å². The number of hydrogen-bond acceptors (Lipinski definition) is 3. The van der Waals surface area contributed by atoms with Gasteiger partial charge in [-0.25, -0.2) is 0 Å². The number of hydrogen-bond donors (Lipinski definition) is 1. The summed E-state index contributed by atoms with van der Waals surface area (Å²) in [4.78, 5) is 2.52. The zero-order chi connectivity index (χ0) is 14.2. The van der Waals surface area contributed by atoms with Crippen molar-refractivity contribution in [3.63, 3.8) is 0 Å². The van der Waals surface area contributed by atoms with Crippen LogP contribution >= 0.6 is 11.3 Å². The molecule has 0 fully saturated rings. The maximum Gasteiger partial charge on any atom is 0.124 e. The zero-order valence-corrected chi connectivity index (χ0v) is 13.0. The van der Waals surface area contributed by atoms with Crippen LogP contribution < -0.4 is 10.5 Å². The van der Waals surface area contributed by atoms with Crippen LogP contribution in [0.1, 0.15) is 38.0 Å². The van der Waals surface area contributed by atoms with Gasteiger partial charge in [-0.2, -0.15) is 0 Å². The van der Waals surface area contributed by atoms with E-state index in [1.165, 1.54) is 26.4 Å². The number of thiophene rings is 1.